The van der Waals surface area contributed by atoms with Crippen LogP contribution >= 0.6 is 0 Å². The van der Waals surface area contributed by atoms with Gasteiger partial charge in [-0.2, -0.15) is 4.98 Å². The fourth-order valence-electron chi connectivity index (χ4n) is 3.20. The molecule has 1 atom stereocenters. The van der Waals surface area contributed by atoms with Crippen LogP contribution in [0.5, 0.6) is 5.75 Å². The number of carbonyl (C=O) groups is 1. The summed E-state index contributed by atoms with van der Waals surface area (Å²) in [5.41, 5.74) is 2.85. The van der Waals surface area contributed by atoms with Gasteiger partial charge in [0.05, 0.1) is 13.0 Å². The molecule has 0 aliphatic carbocycles. The van der Waals surface area contributed by atoms with E-state index in [4.69, 9.17) is 9.26 Å². The third-order valence-electron chi connectivity index (χ3n) is 4.56. The van der Waals surface area contributed by atoms with E-state index in [1.165, 1.54) is 0 Å². The lowest BCUT2D eigenvalue weighted by atomic mass is 10.1. The van der Waals surface area contributed by atoms with Gasteiger partial charge in [0.25, 0.3) is 0 Å². The Kier molecular flexibility index (Phi) is 4.16. The molecule has 0 spiro atoms. The minimum Gasteiger partial charge on any atom is -0.497 e. The molecule has 1 amide bonds. The highest BCUT2D eigenvalue weighted by Gasteiger charge is 2.35. The lowest BCUT2D eigenvalue weighted by Crippen LogP contribution is -2.24. The maximum Gasteiger partial charge on any atom is 0.232 e. The summed E-state index contributed by atoms with van der Waals surface area (Å²) in [6, 6.07) is 15.4. The monoisotopic (exact) mass is 349 g/mol. The number of aromatic nitrogens is 2. The Bertz CT molecular complexity index is 951. The number of methoxy groups -OCH3 is 1. The normalized spacial score (nSPS) is 16.9. The Morgan fingerprint density at radius 3 is 2.85 bits per heavy atom. The fourth-order valence-corrected chi connectivity index (χ4v) is 3.20. The zero-order valence-electron chi connectivity index (χ0n) is 14.7. The van der Waals surface area contributed by atoms with Crippen LogP contribution in [0.4, 0.5) is 5.69 Å². The zero-order valence-corrected chi connectivity index (χ0v) is 14.7. The van der Waals surface area contributed by atoms with Crippen LogP contribution in [0.3, 0.4) is 0 Å². The van der Waals surface area contributed by atoms with Gasteiger partial charge in [0, 0.05) is 24.2 Å². The zero-order chi connectivity index (χ0) is 18.1. The van der Waals surface area contributed by atoms with Gasteiger partial charge in [-0.1, -0.05) is 29.4 Å². The number of benzene rings is 2. The standard InChI is InChI=1S/C20H19N3O3/c1-13-5-3-7-16(9-13)23-12-15(11-18(23)24)20-21-19(22-26-20)14-6-4-8-17(10-14)25-2/h3-10,15H,11-12H2,1-2H3. The van der Waals surface area contributed by atoms with Gasteiger partial charge in [-0.3, -0.25) is 4.79 Å². The molecule has 132 valence electrons. The maximum absolute atomic E-state index is 12.4. The second kappa shape index (κ2) is 6.63. The Labute approximate surface area is 151 Å². The molecule has 1 unspecified atom stereocenters. The first-order valence-corrected chi connectivity index (χ1v) is 8.49. The van der Waals surface area contributed by atoms with E-state index in [-0.39, 0.29) is 11.8 Å². The van der Waals surface area contributed by atoms with Crippen molar-refractivity contribution in [2.24, 2.45) is 0 Å². The molecule has 3 aromatic rings. The highest BCUT2D eigenvalue weighted by molar-refractivity contribution is 5.96. The van der Waals surface area contributed by atoms with Crippen LogP contribution in [0.2, 0.25) is 0 Å². The molecule has 0 saturated carbocycles. The Balaban J connectivity index is 1.56. The van der Waals surface area contributed by atoms with Crippen molar-refractivity contribution in [1.82, 2.24) is 10.1 Å². The Morgan fingerprint density at radius 2 is 2.04 bits per heavy atom. The molecule has 2 aromatic carbocycles. The second-order valence-corrected chi connectivity index (χ2v) is 6.43. The van der Waals surface area contributed by atoms with Crippen molar-refractivity contribution in [3.63, 3.8) is 0 Å². The number of ether oxygens (including phenoxy) is 1. The molecule has 6 heteroatoms. The average molecular weight is 349 g/mol. The van der Waals surface area contributed by atoms with E-state index in [0.717, 1.165) is 22.6 Å². The SMILES string of the molecule is COc1cccc(-c2noc(C3CC(=O)N(c4cccc(C)c4)C3)n2)c1. The molecule has 6 nitrogen and oxygen atoms in total. The highest BCUT2D eigenvalue weighted by Crippen LogP contribution is 2.32. The molecule has 4 rings (SSSR count). The van der Waals surface area contributed by atoms with Crippen molar-refractivity contribution in [3.8, 4) is 17.1 Å². The smallest absolute Gasteiger partial charge is 0.232 e. The van der Waals surface area contributed by atoms with Gasteiger partial charge in [0.2, 0.25) is 17.6 Å². The molecular weight excluding hydrogens is 330 g/mol. The fraction of sp³-hybridized carbons (Fsp3) is 0.250. The Morgan fingerprint density at radius 1 is 1.19 bits per heavy atom. The number of aryl methyl sites for hydroxylation is 1. The lowest BCUT2D eigenvalue weighted by Gasteiger charge is -2.16. The van der Waals surface area contributed by atoms with Crippen LogP contribution < -0.4 is 9.64 Å². The first-order valence-electron chi connectivity index (χ1n) is 8.49. The largest absolute Gasteiger partial charge is 0.497 e. The minimum absolute atomic E-state index is 0.0710. The van der Waals surface area contributed by atoms with Gasteiger partial charge >= 0.3 is 0 Å². The summed E-state index contributed by atoms with van der Waals surface area (Å²) in [4.78, 5) is 18.7. The van der Waals surface area contributed by atoms with Crippen molar-refractivity contribution in [2.45, 2.75) is 19.3 Å². The summed E-state index contributed by atoms with van der Waals surface area (Å²) in [5.74, 6) is 1.69. The van der Waals surface area contributed by atoms with Gasteiger partial charge in [0.1, 0.15) is 5.75 Å². The van der Waals surface area contributed by atoms with Gasteiger partial charge in [-0.25, -0.2) is 0 Å². The molecule has 26 heavy (non-hydrogen) atoms. The number of rotatable bonds is 4. The van der Waals surface area contributed by atoms with E-state index in [2.05, 4.69) is 10.1 Å². The molecule has 2 heterocycles. The number of carbonyl (C=O) groups excluding carboxylic acids is 1. The maximum atomic E-state index is 12.4. The van der Waals surface area contributed by atoms with Crippen LogP contribution in [0, 0.1) is 6.92 Å². The molecule has 1 saturated heterocycles. The number of nitrogens with zero attached hydrogens (tertiary/aromatic N) is 3. The second-order valence-electron chi connectivity index (χ2n) is 6.43. The number of anilines is 1. The van der Waals surface area contributed by atoms with Crippen molar-refractivity contribution < 1.29 is 14.1 Å². The van der Waals surface area contributed by atoms with Gasteiger partial charge < -0.3 is 14.2 Å². The van der Waals surface area contributed by atoms with Gasteiger partial charge in [-0.15, -0.1) is 0 Å². The Hall–Kier alpha value is -3.15. The van der Waals surface area contributed by atoms with Crippen molar-refractivity contribution in [3.05, 3.63) is 60.0 Å². The molecule has 1 fully saturated rings. The van der Waals surface area contributed by atoms with E-state index in [1.54, 1.807) is 12.0 Å². The van der Waals surface area contributed by atoms with E-state index in [0.29, 0.717) is 24.7 Å². The third-order valence-corrected chi connectivity index (χ3v) is 4.56. The van der Waals surface area contributed by atoms with Crippen LogP contribution in [0.25, 0.3) is 11.4 Å². The summed E-state index contributed by atoms with van der Waals surface area (Å²) in [7, 11) is 1.62. The summed E-state index contributed by atoms with van der Waals surface area (Å²) in [6.07, 6.45) is 0.369. The van der Waals surface area contributed by atoms with E-state index in [1.807, 2.05) is 55.5 Å². The van der Waals surface area contributed by atoms with E-state index >= 15 is 0 Å². The molecule has 0 bridgehead atoms. The van der Waals surface area contributed by atoms with Crippen molar-refractivity contribution in [2.75, 3.05) is 18.6 Å². The van der Waals surface area contributed by atoms with Gasteiger partial charge in [-0.05, 0) is 36.8 Å². The van der Waals surface area contributed by atoms with Crippen LogP contribution in [-0.2, 0) is 4.79 Å². The van der Waals surface area contributed by atoms with Crippen molar-refractivity contribution in [1.29, 1.82) is 0 Å². The molecule has 1 aliphatic rings. The number of amides is 1. The van der Waals surface area contributed by atoms with Crippen LogP contribution in [0.1, 0.15) is 23.8 Å². The lowest BCUT2D eigenvalue weighted by molar-refractivity contribution is -0.117. The van der Waals surface area contributed by atoms with Crippen LogP contribution in [-0.4, -0.2) is 29.7 Å². The summed E-state index contributed by atoms with van der Waals surface area (Å²) in [5, 5.41) is 4.07. The van der Waals surface area contributed by atoms with Gasteiger partial charge in [0.15, 0.2) is 0 Å². The molecular formula is C20H19N3O3. The number of hydrogen-bond donors (Lipinski definition) is 0. The quantitative estimate of drug-likeness (QED) is 0.720. The van der Waals surface area contributed by atoms with Crippen LogP contribution in [0.15, 0.2) is 53.1 Å². The summed E-state index contributed by atoms with van der Waals surface area (Å²) < 4.78 is 10.7. The highest BCUT2D eigenvalue weighted by atomic mass is 16.5. The first kappa shape index (κ1) is 16.3. The predicted octanol–water partition coefficient (Wildman–Crippen LogP) is 3.57. The van der Waals surface area contributed by atoms with E-state index < -0.39 is 0 Å². The molecule has 1 aromatic heterocycles. The minimum atomic E-state index is -0.102. The summed E-state index contributed by atoms with van der Waals surface area (Å²) >= 11 is 0. The first-order chi connectivity index (χ1) is 12.6. The average Bonchev–Trinajstić information content (AvgIpc) is 3.28. The predicted molar refractivity (Wildman–Crippen MR) is 97.2 cm³/mol. The summed E-state index contributed by atoms with van der Waals surface area (Å²) in [6.45, 7) is 2.56. The number of hydrogen-bond acceptors (Lipinski definition) is 5. The molecule has 1 aliphatic heterocycles. The third kappa shape index (κ3) is 3.06. The van der Waals surface area contributed by atoms with E-state index in [9.17, 15) is 4.79 Å². The molecule has 0 radical (unpaired) electrons. The topological polar surface area (TPSA) is 68.5 Å². The van der Waals surface area contributed by atoms with Crippen molar-refractivity contribution >= 4 is 11.6 Å². The molecule has 0 N–H and O–H groups in total.